The van der Waals surface area contributed by atoms with Gasteiger partial charge in [0, 0.05) is 10.8 Å². The number of ether oxygens (including phenoxy) is 1. The van der Waals surface area contributed by atoms with Gasteiger partial charge in [0.1, 0.15) is 23.0 Å². The second-order valence-electron chi connectivity index (χ2n) is 9.19. The first-order valence-corrected chi connectivity index (χ1v) is 13.8. The van der Waals surface area contributed by atoms with Crippen molar-refractivity contribution in [2.45, 2.75) is 0 Å². The molecule has 0 fully saturated rings. The van der Waals surface area contributed by atoms with Crippen LogP contribution in [-0.4, -0.2) is 22.4 Å². The van der Waals surface area contributed by atoms with E-state index >= 15 is 0 Å². The maximum atomic E-state index is 9.68. The van der Waals surface area contributed by atoms with Gasteiger partial charge in [-0.25, -0.2) is 0 Å². The Balaban J connectivity index is 0.000000165. The molecule has 8 heteroatoms. The Morgan fingerprint density at radius 2 is 0.902 bits per heavy atom. The lowest BCUT2D eigenvalue weighted by Crippen LogP contribution is -1.84. The van der Waals surface area contributed by atoms with Crippen molar-refractivity contribution >= 4 is 67.9 Å². The minimum Gasteiger partial charge on any atom is -0.508 e. The van der Waals surface area contributed by atoms with Gasteiger partial charge < -0.3 is 20.1 Å². The Kier molecular flexibility index (Phi) is 8.39. The minimum absolute atomic E-state index is 0.0125. The molecule has 0 saturated carbocycles. The van der Waals surface area contributed by atoms with Crippen molar-refractivity contribution in [3.63, 3.8) is 0 Å². The summed E-state index contributed by atoms with van der Waals surface area (Å²) in [7, 11) is 1.64. The minimum atomic E-state index is 0.0125. The summed E-state index contributed by atoms with van der Waals surface area (Å²) in [6, 6.07) is 28.9. The van der Waals surface area contributed by atoms with Crippen molar-refractivity contribution in [1.82, 2.24) is 0 Å². The Hall–Kier alpha value is -3.80. The van der Waals surface area contributed by atoms with Crippen LogP contribution in [0.25, 0.3) is 43.8 Å². The highest BCUT2D eigenvalue weighted by molar-refractivity contribution is 6.44. The number of benzene rings is 6. The SMILES string of the molecule is COc1ccc(-c2cc(Cl)c3c(Cl)c(O)ccc3c2)cc1.Oc1ccc(-c2cc(Cl)c3c(Cl)c(O)ccc3c2)cc1. The number of fused-ring (bicyclic) bond motifs is 2. The zero-order valence-electron chi connectivity index (χ0n) is 21.5. The van der Waals surface area contributed by atoms with E-state index in [2.05, 4.69) is 0 Å². The molecular weight excluding hydrogens is 602 g/mol. The molecule has 0 aliphatic carbocycles. The first kappa shape index (κ1) is 28.7. The van der Waals surface area contributed by atoms with Crippen LogP contribution in [0.3, 0.4) is 0 Å². The number of hydrogen-bond acceptors (Lipinski definition) is 4. The third kappa shape index (κ3) is 5.97. The Labute approximate surface area is 256 Å². The molecule has 6 aromatic rings. The number of methoxy groups -OCH3 is 1. The first-order valence-electron chi connectivity index (χ1n) is 12.3. The van der Waals surface area contributed by atoms with Crippen molar-refractivity contribution in [1.29, 1.82) is 0 Å². The Morgan fingerprint density at radius 1 is 0.488 bits per heavy atom. The number of rotatable bonds is 3. The van der Waals surface area contributed by atoms with Crippen LogP contribution in [-0.2, 0) is 0 Å². The van der Waals surface area contributed by atoms with E-state index in [4.69, 9.17) is 51.1 Å². The smallest absolute Gasteiger partial charge is 0.134 e. The van der Waals surface area contributed by atoms with Crippen molar-refractivity contribution in [2.75, 3.05) is 7.11 Å². The number of halogens is 4. The van der Waals surface area contributed by atoms with Crippen LogP contribution in [0, 0.1) is 0 Å². The Morgan fingerprint density at radius 3 is 1.32 bits per heavy atom. The van der Waals surface area contributed by atoms with Crippen LogP contribution >= 0.6 is 46.4 Å². The van der Waals surface area contributed by atoms with E-state index in [1.165, 1.54) is 0 Å². The molecule has 0 saturated heterocycles. The molecule has 0 heterocycles. The summed E-state index contributed by atoms with van der Waals surface area (Å²) in [6.07, 6.45) is 0. The van der Waals surface area contributed by atoms with Crippen LogP contribution in [0.4, 0.5) is 0 Å². The van der Waals surface area contributed by atoms with E-state index in [1.807, 2.05) is 54.6 Å². The van der Waals surface area contributed by atoms with E-state index in [0.717, 1.165) is 38.8 Å². The zero-order valence-corrected chi connectivity index (χ0v) is 24.5. The van der Waals surface area contributed by atoms with Crippen LogP contribution in [0.2, 0.25) is 20.1 Å². The molecule has 206 valence electrons. The number of phenolic OH excluding ortho intramolecular Hbond substituents is 3. The highest BCUT2D eigenvalue weighted by Gasteiger charge is 2.12. The molecule has 0 bridgehead atoms. The van der Waals surface area contributed by atoms with E-state index in [9.17, 15) is 15.3 Å². The molecule has 0 aliphatic heterocycles. The first-order chi connectivity index (χ1) is 19.7. The van der Waals surface area contributed by atoms with Gasteiger partial charge in [0.2, 0.25) is 0 Å². The molecule has 6 rings (SSSR count). The fraction of sp³-hybridized carbons (Fsp3) is 0.0303. The topological polar surface area (TPSA) is 69.9 Å². The van der Waals surface area contributed by atoms with E-state index in [1.54, 1.807) is 49.6 Å². The molecule has 0 spiro atoms. The van der Waals surface area contributed by atoms with Crippen molar-refractivity contribution in [3.05, 3.63) is 117 Å². The number of aromatic hydroxyl groups is 3. The molecule has 0 unspecified atom stereocenters. The zero-order chi connectivity index (χ0) is 29.3. The molecule has 3 N–H and O–H groups in total. The second kappa shape index (κ2) is 12.0. The quantitative estimate of drug-likeness (QED) is 0.183. The molecular formula is C33H22Cl4O4. The van der Waals surface area contributed by atoms with E-state index in [-0.39, 0.29) is 27.3 Å². The van der Waals surface area contributed by atoms with Gasteiger partial charge in [0.25, 0.3) is 0 Å². The summed E-state index contributed by atoms with van der Waals surface area (Å²) in [5.74, 6) is 1.06. The third-order valence-corrected chi connectivity index (χ3v) is 7.96. The largest absolute Gasteiger partial charge is 0.508 e. The van der Waals surface area contributed by atoms with Crippen LogP contribution < -0.4 is 4.74 Å². The van der Waals surface area contributed by atoms with Crippen molar-refractivity contribution < 1.29 is 20.1 Å². The van der Waals surface area contributed by atoms with Gasteiger partial charge >= 0.3 is 0 Å². The third-order valence-electron chi connectivity index (χ3n) is 6.60. The van der Waals surface area contributed by atoms with Crippen LogP contribution in [0.1, 0.15) is 0 Å². The molecule has 41 heavy (non-hydrogen) atoms. The van der Waals surface area contributed by atoms with E-state index < -0.39 is 0 Å². The monoisotopic (exact) mass is 622 g/mol. The molecule has 0 radical (unpaired) electrons. The van der Waals surface area contributed by atoms with Gasteiger partial charge in [0.15, 0.2) is 0 Å². The molecule has 0 amide bonds. The predicted molar refractivity (Wildman–Crippen MR) is 170 cm³/mol. The van der Waals surface area contributed by atoms with Gasteiger partial charge in [-0.3, -0.25) is 0 Å². The summed E-state index contributed by atoms with van der Waals surface area (Å²) in [5.41, 5.74) is 3.88. The fourth-order valence-corrected chi connectivity index (χ4v) is 5.78. The average Bonchev–Trinajstić information content (AvgIpc) is 2.97. The van der Waals surface area contributed by atoms with Crippen molar-refractivity contribution in [2.24, 2.45) is 0 Å². The molecule has 0 aliphatic rings. The summed E-state index contributed by atoms with van der Waals surface area (Å²) in [4.78, 5) is 0. The van der Waals surface area contributed by atoms with Gasteiger partial charge in [-0.1, -0.05) is 82.8 Å². The standard InChI is InChI=1S/C17H12Cl2O2.C16H10Cl2O2/c1-21-13-5-2-10(3-6-13)12-8-11-4-7-15(20)17(19)16(11)14(18)9-12;17-13-8-11(9-1-4-12(19)5-2-9)7-10-3-6-14(20)16(18)15(10)13/h2-9,20H,1H3;1-8,19-20H. The van der Waals surface area contributed by atoms with Gasteiger partial charge in [0.05, 0.1) is 27.2 Å². The number of phenols is 3. The van der Waals surface area contributed by atoms with Crippen LogP contribution in [0.15, 0.2) is 97.1 Å². The predicted octanol–water partition coefficient (Wildman–Crippen LogP) is 10.8. The molecule has 4 nitrogen and oxygen atoms in total. The maximum Gasteiger partial charge on any atom is 0.134 e. The van der Waals surface area contributed by atoms with Crippen LogP contribution in [0.5, 0.6) is 23.0 Å². The molecule has 0 atom stereocenters. The highest BCUT2D eigenvalue weighted by Crippen LogP contribution is 2.40. The Bertz CT molecular complexity index is 1890. The van der Waals surface area contributed by atoms with Gasteiger partial charge in [-0.2, -0.15) is 0 Å². The normalized spacial score (nSPS) is 10.9. The lowest BCUT2D eigenvalue weighted by Gasteiger charge is -2.09. The second-order valence-corrected chi connectivity index (χ2v) is 10.8. The summed E-state index contributed by atoms with van der Waals surface area (Å²) in [5, 5.41) is 33.2. The van der Waals surface area contributed by atoms with Gasteiger partial charge in [-0.05, 0) is 93.7 Å². The molecule has 0 aromatic heterocycles. The number of hydrogen-bond donors (Lipinski definition) is 3. The lowest BCUT2D eigenvalue weighted by atomic mass is 10.0. The highest BCUT2D eigenvalue weighted by atomic mass is 35.5. The molecule has 6 aromatic carbocycles. The van der Waals surface area contributed by atoms with Crippen molar-refractivity contribution in [3.8, 4) is 45.3 Å². The van der Waals surface area contributed by atoms with Gasteiger partial charge in [-0.15, -0.1) is 0 Å². The lowest BCUT2D eigenvalue weighted by molar-refractivity contribution is 0.415. The summed E-state index contributed by atoms with van der Waals surface area (Å²) >= 11 is 24.8. The summed E-state index contributed by atoms with van der Waals surface area (Å²) in [6.45, 7) is 0. The maximum absolute atomic E-state index is 9.68. The summed E-state index contributed by atoms with van der Waals surface area (Å²) < 4.78 is 5.16. The average molecular weight is 624 g/mol. The van der Waals surface area contributed by atoms with E-state index in [0.29, 0.717) is 20.8 Å². The fourth-order valence-electron chi connectivity index (χ4n) is 4.49.